The highest BCUT2D eigenvalue weighted by Crippen LogP contribution is 2.26. The van der Waals surface area contributed by atoms with E-state index in [-0.39, 0.29) is 0 Å². The Morgan fingerprint density at radius 3 is 2.41 bits per heavy atom. The average Bonchev–Trinajstić information content (AvgIpc) is 3.28. The Morgan fingerprint density at radius 2 is 1.66 bits per heavy atom. The summed E-state index contributed by atoms with van der Waals surface area (Å²) in [5.74, 6) is 1.13. The third kappa shape index (κ3) is 4.35. The molecular formula is C24H28N4O3S. The lowest BCUT2D eigenvalue weighted by Crippen LogP contribution is -2.48. The van der Waals surface area contributed by atoms with Crippen LogP contribution in [0, 0.1) is 6.92 Å². The summed E-state index contributed by atoms with van der Waals surface area (Å²) in [6.45, 7) is 4.73. The Kier molecular flexibility index (Phi) is 5.84. The minimum atomic E-state index is -3.47. The third-order valence-electron chi connectivity index (χ3n) is 6.43. The molecule has 7 nitrogen and oxygen atoms in total. The van der Waals surface area contributed by atoms with Gasteiger partial charge in [0.15, 0.2) is 0 Å². The van der Waals surface area contributed by atoms with Crippen LogP contribution in [0.25, 0.3) is 11.4 Å². The number of nitrogens with zero attached hydrogens (tertiary/aromatic N) is 4. The van der Waals surface area contributed by atoms with E-state index in [0.29, 0.717) is 49.3 Å². The van der Waals surface area contributed by atoms with Gasteiger partial charge in [0.1, 0.15) is 0 Å². The van der Waals surface area contributed by atoms with Crippen LogP contribution in [-0.4, -0.2) is 53.9 Å². The van der Waals surface area contributed by atoms with Crippen molar-refractivity contribution in [3.05, 3.63) is 65.0 Å². The summed E-state index contributed by atoms with van der Waals surface area (Å²) in [6.07, 6.45) is 4.35. The molecule has 2 aliphatic rings. The van der Waals surface area contributed by atoms with Crippen LogP contribution in [-0.2, 0) is 29.4 Å². The predicted molar refractivity (Wildman–Crippen MR) is 122 cm³/mol. The van der Waals surface area contributed by atoms with Gasteiger partial charge in [-0.3, -0.25) is 4.90 Å². The lowest BCUT2D eigenvalue weighted by Gasteiger charge is -2.33. The monoisotopic (exact) mass is 452 g/mol. The Morgan fingerprint density at radius 1 is 0.938 bits per heavy atom. The number of hydrogen-bond donors (Lipinski definition) is 0. The normalized spacial score (nSPS) is 17.9. The molecule has 3 aromatic rings. The van der Waals surface area contributed by atoms with Crippen molar-refractivity contribution in [3.8, 4) is 11.4 Å². The van der Waals surface area contributed by atoms with E-state index in [0.717, 1.165) is 24.8 Å². The summed E-state index contributed by atoms with van der Waals surface area (Å²) in [4.78, 5) is 7.09. The minimum absolute atomic E-state index is 0.422. The van der Waals surface area contributed by atoms with Crippen molar-refractivity contribution in [1.29, 1.82) is 0 Å². The van der Waals surface area contributed by atoms with Crippen LogP contribution in [0.4, 0.5) is 0 Å². The molecule has 5 rings (SSSR count). The third-order valence-corrected chi connectivity index (χ3v) is 8.32. The molecule has 0 radical (unpaired) electrons. The fourth-order valence-electron chi connectivity index (χ4n) is 4.48. The van der Waals surface area contributed by atoms with Gasteiger partial charge in [0.05, 0.1) is 11.4 Å². The molecule has 32 heavy (non-hydrogen) atoms. The van der Waals surface area contributed by atoms with Gasteiger partial charge in [0.2, 0.25) is 21.7 Å². The van der Waals surface area contributed by atoms with Gasteiger partial charge in [-0.25, -0.2) is 8.42 Å². The quantitative estimate of drug-likeness (QED) is 0.590. The van der Waals surface area contributed by atoms with Gasteiger partial charge in [0, 0.05) is 31.7 Å². The van der Waals surface area contributed by atoms with Crippen molar-refractivity contribution in [2.45, 2.75) is 44.0 Å². The number of benzene rings is 2. The highest BCUT2D eigenvalue weighted by Gasteiger charge is 2.29. The average molecular weight is 453 g/mol. The first-order chi connectivity index (χ1) is 15.5. The van der Waals surface area contributed by atoms with Crippen molar-refractivity contribution in [3.63, 3.8) is 0 Å². The molecule has 2 aromatic carbocycles. The molecule has 0 saturated carbocycles. The second-order valence-electron chi connectivity index (χ2n) is 8.70. The molecule has 0 spiro atoms. The van der Waals surface area contributed by atoms with E-state index in [2.05, 4.69) is 15.0 Å². The standard InChI is InChI=1S/C24H28N4O3S/c1-18-6-8-20(9-7-18)24-25-23(31-26-24)17-27-12-14-28(15-13-27)32(29,30)22-11-10-19-4-2-3-5-21(19)16-22/h6-11,16H,2-5,12-15,17H2,1H3. The maximum Gasteiger partial charge on any atom is 0.243 e. The van der Waals surface area contributed by atoms with E-state index < -0.39 is 10.0 Å². The summed E-state index contributed by atoms with van der Waals surface area (Å²) < 4.78 is 33.4. The molecule has 1 aromatic heterocycles. The largest absolute Gasteiger partial charge is 0.338 e. The number of aryl methyl sites for hydroxylation is 3. The number of sulfonamides is 1. The van der Waals surface area contributed by atoms with Crippen molar-refractivity contribution < 1.29 is 12.9 Å². The maximum atomic E-state index is 13.2. The number of fused-ring (bicyclic) bond motifs is 1. The van der Waals surface area contributed by atoms with E-state index in [4.69, 9.17) is 4.52 Å². The molecule has 0 N–H and O–H groups in total. The SMILES string of the molecule is Cc1ccc(-c2noc(CN3CCN(S(=O)(=O)c4ccc5c(c4)CCCC5)CC3)n2)cc1. The van der Waals surface area contributed by atoms with Crippen molar-refractivity contribution >= 4 is 10.0 Å². The summed E-state index contributed by atoms with van der Waals surface area (Å²) >= 11 is 0. The fourth-order valence-corrected chi connectivity index (χ4v) is 5.95. The zero-order chi connectivity index (χ0) is 22.1. The molecule has 1 fully saturated rings. The highest BCUT2D eigenvalue weighted by molar-refractivity contribution is 7.89. The Hall–Kier alpha value is -2.55. The Bertz CT molecular complexity index is 1200. The summed E-state index contributed by atoms with van der Waals surface area (Å²) in [5, 5.41) is 4.09. The van der Waals surface area contributed by atoms with Crippen molar-refractivity contribution in [2.24, 2.45) is 0 Å². The van der Waals surface area contributed by atoms with Gasteiger partial charge >= 0.3 is 0 Å². The Balaban J connectivity index is 1.21. The molecule has 2 heterocycles. The molecule has 1 saturated heterocycles. The molecule has 0 bridgehead atoms. The topological polar surface area (TPSA) is 79.5 Å². The van der Waals surface area contributed by atoms with Crippen LogP contribution < -0.4 is 0 Å². The zero-order valence-corrected chi connectivity index (χ0v) is 19.1. The lowest BCUT2D eigenvalue weighted by molar-refractivity contribution is 0.163. The van der Waals surface area contributed by atoms with E-state index in [1.165, 1.54) is 23.1 Å². The summed E-state index contributed by atoms with van der Waals surface area (Å²) in [6, 6.07) is 13.7. The van der Waals surface area contributed by atoms with Crippen molar-refractivity contribution in [2.75, 3.05) is 26.2 Å². The Labute approximate surface area is 189 Å². The molecule has 0 atom stereocenters. The van der Waals surface area contributed by atoms with E-state index >= 15 is 0 Å². The van der Waals surface area contributed by atoms with Crippen LogP contribution in [0.5, 0.6) is 0 Å². The van der Waals surface area contributed by atoms with Gasteiger partial charge in [-0.15, -0.1) is 0 Å². The fraction of sp³-hybridized carbons (Fsp3) is 0.417. The number of hydrogen-bond acceptors (Lipinski definition) is 6. The van der Waals surface area contributed by atoms with E-state index in [1.807, 2.05) is 43.3 Å². The predicted octanol–water partition coefficient (Wildman–Crippen LogP) is 3.43. The zero-order valence-electron chi connectivity index (χ0n) is 18.3. The van der Waals surface area contributed by atoms with Crippen LogP contribution in [0.2, 0.25) is 0 Å². The van der Waals surface area contributed by atoms with Crippen molar-refractivity contribution in [1.82, 2.24) is 19.3 Å². The summed E-state index contributed by atoms with van der Waals surface area (Å²) in [5.41, 5.74) is 4.59. The highest BCUT2D eigenvalue weighted by atomic mass is 32.2. The molecule has 168 valence electrons. The van der Waals surface area contributed by atoms with Crippen LogP contribution >= 0.6 is 0 Å². The maximum absolute atomic E-state index is 13.2. The van der Waals surface area contributed by atoms with Crippen LogP contribution in [0.15, 0.2) is 51.9 Å². The van der Waals surface area contributed by atoms with Crippen LogP contribution in [0.1, 0.15) is 35.4 Å². The molecule has 1 aliphatic heterocycles. The summed E-state index contributed by atoms with van der Waals surface area (Å²) in [7, 11) is -3.47. The minimum Gasteiger partial charge on any atom is -0.338 e. The smallest absolute Gasteiger partial charge is 0.243 e. The van der Waals surface area contributed by atoms with Crippen LogP contribution in [0.3, 0.4) is 0 Å². The van der Waals surface area contributed by atoms with E-state index in [9.17, 15) is 8.42 Å². The number of aromatic nitrogens is 2. The lowest BCUT2D eigenvalue weighted by atomic mass is 9.92. The molecule has 0 unspecified atom stereocenters. The van der Waals surface area contributed by atoms with E-state index in [1.54, 1.807) is 10.4 Å². The second-order valence-corrected chi connectivity index (χ2v) is 10.6. The molecule has 0 amide bonds. The first kappa shape index (κ1) is 21.3. The van der Waals surface area contributed by atoms with Gasteiger partial charge in [-0.05, 0) is 55.9 Å². The van der Waals surface area contributed by atoms with Gasteiger partial charge in [-0.1, -0.05) is 41.1 Å². The molecule has 1 aliphatic carbocycles. The first-order valence-electron chi connectivity index (χ1n) is 11.2. The van der Waals surface area contributed by atoms with Gasteiger partial charge in [0.25, 0.3) is 0 Å². The number of piperazine rings is 1. The molecule has 8 heteroatoms. The van der Waals surface area contributed by atoms with Gasteiger partial charge in [-0.2, -0.15) is 9.29 Å². The van der Waals surface area contributed by atoms with Gasteiger partial charge < -0.3 is 4.52 Å². The molecular weight excluding hydrogens is 424 g/mol. The first-order valence-corrected chi connectivity index (χ1v) is 12.7. The number of rotatable bonds is 5. The second kappa shape index (κ2) is 8.77.